The number of nitrogens with one attached hydrogen (secondary N) is 1. The average Bonchev–Trinajstić information content (AvgIpc) is 3.26. The minimum absolute atomic E-state index is 0.00365. The van der Waals surface area contributed by atoms with E-state index in [4.69, 9.17) is 9.15 Å². The number of ketones is 1. The summed E-state index contributed by atoms with van der Waals surface area (Å²) in [5.74, 6) is 1.08. The summed E-state index contributed by atoms with van der Waals surface area (Å²) in [4.78, 5) is 23.7. The average molecular weight is 381 g/mol. The second-order valence-electron chi connectivity index (χ2n) is 6.67. The van der Waals surface area contributed by atoms with Gasteiger partial charge in [0.1, 0.15) is 18.1 Å². The Balaban J connectivity index is 1.57. The Morgan fingerprint density at radius 3 is 2.54 bits per heavy atom. The van der Waals surface area contributed by atoms with Crippen molar-refractivity contribution in [3.8, 4) is 5.75 Å². The van der Waals surface area contributed by atoms with E-state index in [9.17, 15) is 9.59 Å². The Morgan fingerprint density at radius 1 is 1.21 bits per heavy atom. The molecule has 2 heterocycles. The standard InChI is InChI=1S/C21H23N3O4/c1-13(19-11-24(4)23-14(19)2)22-21(26)20-10-9-18(28-20)12-27-17-7-5-16(6-8-17)15(3)25/h5-11,13H,12H2,1-4H3,(H,22,26). The van der Waals surface area contributed by atoms with E-state index in [1.807, 2.05) is 27.1 Å². The number of hydrogen-bond acceptors (Lipinski definition) is 5. The molecule has 0 aliphatic rings. The molecule has 0 saturated carbocycles. The largest absolute Gasteiger partial charge is 0.486 e. The number of rotatable bonds is 7. The van der Waals surface area contributed by atoms with Gasteiger partial charge in [-0.1, -0.05) is 0 Å². The number of furan rings is 1. The first kappa shape index (κ1) is 19.4. The minimum Gasteiger partial charge on any atom is -0.486 e. The topological polar surface area (TPSA) is 86.4 Å². The molecule has 3 aromatic rings. The maximum Gasteiger partial charge on any atom is 0.287 e. The molecule has 3 rings (SSSR count). The third-order valence-electron chi connectivity index (χ3n) is 4.39. The maximum absolute atomic E-state index is 12.4. The number of Topliss-reactive ketones (excluding diaryl/α,β-unsaturated/α-hetero) is 1. The third kappa shape index (κ3) is 4.49. The van der Waals surface area contributed by atoms with Gasteiger partial charge in [-0.3, -0.25) is 14.3 Å². The molecule has 1 aromatic carbocycles. The molecule has 1 atom stereocenters. The molecular weight excluding hydrogens is 358 g/mol. The summed E-state index contributed by atoms with van der Waals surface area (Å²) in [6.45, 7) is 5.51. The van der Waals surface area contributed by atoms with Gasteiger partial charge in [-0.25, -0.2) is 0 Å². The van der Waals surface area contributed by atoms with Crippen LogP contribution in [0.4, 0.5) is 0 Å². The highest BCUT2D eigenvalue weighted by Crippen LogP contribution is 2.18. The summed E-state index contributed by atoms with van der Waals surface area (Å²) >= 11 is 0. The molecule has 0 fully saturated rings. The Bertz CT molecular complexity index is 986. The summed E-state index contributed by atoms with van der Waals surface area (Å²) < 4.78 is 13.0. The number of nitrogens with zero attached hydrogens (tertiary/aromatic N) is 2. The fraction of sp³-hybridized carbons (Fsp3) is 0.286. The Labute approximate surface area is 163 Å². The lowest BCUT2D eigenvalue weighted by atomic mass is 10.1. The molecule has 28 heavy (non-hydrogen) atoms. The first-order valence-electron chi connectivity index (χ1n) is 8.97. The second kappa shape index (κ2) is 8.12. The van der Waals surface area contributed by atoms with Crippen molar-refractivity contribution in [2.45, 2.75) is 33.4 Å². The molecule has 1 amide bonds. The first-order valence-corrected chi connectivity index (χ1v) is 8.97. The first-order chi connectivity index (χ1) is 13.3. The monoisotopic (exact) mass is 381 g/mol. The minimum atomic E-state index is -0.298. The van der Waals surface area contributed by atoms with Crippen molar-refractivity contribution in [1.82, 2.24) is 15.1 Å². The number of amides is 1. The number of carbonyl (C=O) groups is 2. The summed E-state index contributed by atoms with van der Waals surface area (Å²) in [5, 5.41) is 7.20. The normalized spacial score (nSPS) is 11.9. The van der Waals surface area contributed by atoms with Gasteiger partial charge in [0, 0.05) is 24.4 Å². The predicted octanol–water partition coefficient (Wildman–Crippen LogP) is 3.59. The van der Waals surface area contributed by atoms with E-state index >= 15 is 0 Å². The van der Waals surface area contributed by atoms with E-state index in [1.165, 1.54) is 6.92 Å². The highest BCUT2D eigenvalue weighted by molar-refractivity contribution is 5.94. The number of aromatic nitrogens is 2. The molecule has 2 aromatic heterocycles. The molecule has 0 spiro atoms. The lowest BCUT2D eigenvalue weighted by Gasteiger charge is -2.12. The zero-order valence-electron chi connectivity index (χ0n) is 16.4. The van der Waals surface area contributed by atoms with Crippen LogP contribution in [0.5, 0.6) is 5.75 Å². The lowest BCUT2D eigenvalue weighted by Crippen LogP contribution is -2.26. The quantitative estimate of drug-likeness (QED) is 0.632. The molecule has 0 saturated heterocycles. The maximum atomic E-state index is 12.4. The highest BCUT2D eigenvalue weighted by Gasteiger charge is 2.18. The van der Waals surface area contributed by atoms with Crippen molar-refractivity contribution in [3.63, 3.8) is 0 Å². The van der Waals surface area contributed by atoms with E-state index in [-0.39, 0.29) is 30.1 Å². The lowest BCUT2D eigenvalue weighted by molar-refractivity contribution is 0.0907. The third-order valence-corrected chi connectivity index (χ3v) is 4.39. The number of aryl methyl sites for hydroxylation is 2. The Hall–Kier alpha value is -3.35. The molecule has 7 heteroatoms. The van der Waals surface area contributed by atoms with Gasteiger partial charge in [0.25, 0.3) is 5.91 Å². The Kier molecular flexibility index (Phi) is 5.63. The molecule has 0 aliphatic carbocycles. The van der Waals surface area contributed by atoms with Crippen LogP contribution in [0.15, 0.2) is 47.0 Å². The van der Waals surface area contributed by atoms with Crippen LogP contribution >= 0.6 is 0 Å². The summed E-state index contributed by atoms with van der Waals surface area (Å²) in [6.07, 6.45) is 1.89. The predicted molar refractivity (Wildman–Crippen MR) is 103 cm³/mol. The van der Waals surface area contributed by atoms with Crippen LogP contribution in [-0.2, 0) is 13.7 Å². The number of benzene rings is 1. The van der Waals surface area contributed by atoms with Gasteiger partial charge in [0.15, 0.2) is 11.5 Å². The molecule has 7 nitrogen and oxygen atoms in total. The fourth-order valence-corrected chi connectivity index (χ4v) is 2.91. The summed E-state index contributed by atoms with van der Waals surface area (Å²) in [7, 11) is 1.84. The van der Waals surface area contributed by atoms with E-state index < -0.39 is 0 Å². The van der Waals surface area contributed by atoms with Crippen LogP contribution in [0.3, 0.4) is 0 Å². The molecule has 0 radical (unpaired) electrons. The smallest absolute Gasteiger partial charge is 0.287 e. The Morgan fingerprint density at radius 2 is 1.93 bits per heavy atom. The highest BCUT2D eigenvalue weighted by atomic mass is 16.5. The van der Waals surface area contributed by atoms with Crippen molar-refractivity contribution in [2.75, 3.05) is 0 Å². The van der Waals surface area contributed by atoms with Crippen molar-refractivity contribution >= 4 is 11.7 Å². The van der Waals surface area contributed by atoms with Gasteiger partial charge >= 0.3 is 0 Å². The number of carbonyl (C=O) groups excluding carboxylic acids is 2. The molecule has 0 aliphatic heterocycles. The van der Waals surface area contributed by atoms with Crippen LogP contribution in [0.1, 0.15) is 57.8 Å². The van der Waals surface area contributed by atoms with Crippen molar-refractivity contribution in [1.29, 1.82) is 0 Å². The fourth-order valence-electron chi connectivity index (χ4n) is 2.91. The van der Waals surface area contributed by atoms with Gasteiger partial charge in [0.05, 0.1) is 11.7 Å². The number of hydrogen-bond donors (Lipinski definition) is 1. The number of ether oxygens (including phenoxy) is 1. The van der Waals surface area contributed by atoms with Crippen LogP contribution in [-0.4, -0.2) is 21.5 Å². The van der Waals surface area contributed by atoms with Gasteiger partial charge in [0.2, 0.25) is 0 Å². The van der Waals surface area contributed by atoms with E-state index in [0.717, 1.165) is 11.3 Å². The second-order valence-corrected chi connectivity index (χ2v) is 6.67. The molecular formula is C21H23N3O4. The molecule has 1 unspecified atom stereocenters. The zero-order chi connectivity index (χ0) is 20.3. The SMILES string of the molecule is CC(=O)c1ccc(OCc2ccc(C(=O)NC(C)c3cn(C)nc3C)o2)cc1. The summed E-state index contributed by atoms with van der Waals surface area (Å²) in [6, 6.07) is 10.0. The molecule has 0 bridgehead atoms. The molecule has 1 N–H and O–H groups in total. The summed E-state index contributed by atoms with van der Waals surface area (Å²) in [5.41, 5.74) is 2.46. The van der Waals surface area contributed by atoms with Crippen LogP contribution in [0.25, 0.3) is 0 Å². The van der Waals surface area contributed by atoms with Crippen LogP contribution < -0.4 is 10.1 Å². The van der Waals surface area contributed by atoms with E-state index in [0.29, 0.717) is 17.1 Å². The zero-order valence-corrected chi connectivity index (χ0v) is 16.4. The van der Waals surface area contributed by atoms with Gasteiger partial charge in [-0.05, 0) is 57.2 Å². The van der Waals surface area contributed by atoms with Crippen LogP contribution in [0, 0.1) is 6.92 Å². The molecule has 146 valence electrons. The van der Waals surface area contributed by atoms with Gasteiger partial charge in [-0.15, -0.1) is 0 Å². The van der Waals surface area contributed by atoms with Gasteiger partial charge < -0.3 is 14.5 Å². The van der Waals surface area contributed by atoms with Crippen molar-refractivity contribution in [3.05, 3.63) is 70.9 Å². The van der Waals surface area contributed by atoms with E-state index in [1.54, 1.807) is 41.1 Å². The van der Waals surface area contributed by atoms with Crippen LogP contribution in [0.2, 0.25) is 0 Å². The van der Waals surface area contributed by atoms with E-state index in [2.05, 4.69) is 10.4 Å². The van der Waals surface area contributed by atoms with Crippen molar-refractivity contribution in [2.24, 2.45) is 7.05 Å². The van der Waals surface area contributed by atoms with Crippen molar-refractivity contribution < 1.29 is 18.7 Å². The van der Waals surface area contributed by atoms with Gasteiger partial charge in [-0.2, -0.15) is 5.10 Å².